The van der Waals surface area contributed by atoms with Crippen molar-refractivity contribution in [1.82, 2.24) is 9.13 Å². The van der Waals surface area contributed by atoms with Crippen molar-refractivity contribution in [2.45, 2.75) is 0 Å². The normalized spacial score (nSPS) is 11.1. The van der Waals surface area contributed by atoms with Crippen LogP contribution in [0.1, 0.15) is 0 Å². The van der Waals surface area contributed by atoms with Crippen LogP contribution < -0.4 is 10.6 Å². The number of anilines is 2. The number of nitrogens with zero attached hydrogens (tertiary/aromatic N) is 2. The van der Waals surface area contributed by atoms with E-state index in [1.807, 2.05) is 84.2 Å². The van der Waals surface area contributed by atoms with Crippen LogP contribution in [0.25, 0.3) is 21.8 Å². The number of nitrogens with one attached hydrogen (secondary N) is 2. The Morgan fingerprint density at radius 2 is 1.21 bits per heavy atom. The molecule has 2 amide bonds. The molecule has 2 aromatic heterocycles. The first-order chi connectivity index (χ1) is 11.6. The van der Waals surface area contributed by atoms with E-state index in [9.17, 15) is 4.79 Å². The number of rotatable bonds is 2. The first-order valence-electron chi connectivity index (χ1n) is 7.79. The number of hydrogen-bond acceptors (Lipinski definition) is 1. The summed E-state index contributed by atoms with van der Waals surface area (Å²) in [5, 5.41) is 7.94. The van der Waals surface area contributed by atoms with Crippen molar-refractivity contribution in [2.24, 2.45) is 14.1 Å². The van der Waals surface area contributed by atoms with Crippen molar-refractivity contribution >= 4 is 39.2 Å². The van der Waals surface area contributed by atoms with E-state index in [-0.39, 0.29) is 6.03 Å². The minimum absolute atomic E-state index is 0.247. The Morgan fingerprint density at radius 3 is 1.67 bits per heavy atom. The van der Waals surface area contributed by atoms with Gasteiger partial charge in [-0.15, -0.1) is 0 Å². The highest BCUT2D eigenvalue weighted by molar-refractivity contribution is 6.09. The van der Waals surface area contributed by atoms with Crippen molar-refractivity contribution in [2.75, 3.05) is 10.6 Å². The fourth-order valence-corrected chi connectivity index (χ4v) is 3.10. The Morgan fingerprint density at radius 1 is 0.750 bits per heavy atom. The van der Waals surface area contributed by atoms with Gasteiger partial charge < -0.3 is 19.8 Å². The van der Waals surface area contributed by atoms with Gasteiger partial charge in [0.25, 0.3) is 0 Å². The van der Waals surface area contributed by atoms with Gasteiger partial charge >= 0.3 is 6.03 Å². The molecule has 2 heterocycles. The lowest BCUT2D eigenvalue weighted by Crippen LogP contribution is -2.19. The monoisotopic (exact) mass is 318 g/mol. The smallest absolute Gasteiger partial charge is 0.323 e. The van der Waals surface area contributed by atoms with Crippen LogP contribution in [-0.2, 0) is 14.1 Å². The maximum Gasteiger partial charge on any atom is 0.323 e. The largest absolute Gasteiger partial charge is 0.350 e. The minimum atomic E-state index is -0.247. The molecular formula is C19H18N4O. The topological polar surface area (TPSA) is 51.0 Å². The van der Waals surface area contributed by atoms with Gasteiger partial charge in [0.15, 0.2) is 0 Å². The number of hydrogen-bond donors (Lipinski definition) is 2. The standard InChI is InChI=1S/C19H18N4O/c1-22-11-9-13-15(5-3-7-17(13)22)20-19(24)21-16-6-4-8-18-14(16)10-12-23(18)2/h3-12H,1-2H3,(H2,20,21,24). The Hall–Kier alpha value is -3.21. The summed E-state index contributed by atoms with van der Waals surface area (Å²) >= 11 is 0. The second-order valence-corrected chi connectivity index (χ2v) is 5.91. The van der Waals surface area contributed by atoms with Gasteiger partial charge in [-0.2, -0.15) is 0 Å². The molecule has 0 saturated carbocycles. The molecule has 2 N–H and O–H groups in total. The fraction of sp³-hybridized carbons (Fsp3) is 0.105. The van der Waals surface area contributed by atoms with Crippen LogP contribution in [0, 0.1) is 0 Å². The van der Waals surface area contributed by atoms with Crippen molar-refractivity contribution in [3.8, 4) is 0 Å². The third kappa shape index (κ3) is 2.31. The second-order valence-electron chi connectivity index (χ2n) is 5.91. The summed E-state index contributed by atoms with van der Waals surface area (Å²) in [4.78, 5) is 12.4. The summed E-state index contributed by atoms with van der Waals surface area (Å²) in [5.41, 5.74) is 3.76. The summed E-state index contributed by atoms with van der Waals surface area (Å²) in [5.74, 6) is 0. The van der Waals surface area contributed by atoms with E-state index in [1.165, 1.54) is 0 Å². The lowest BCUT2D eigenvalue weighted by molar-refractivity contribution is 0.262. The predicted octanol–water partition coefficient (Wildman–Crippen LogP) is 4.31. The van der Waals surface area contributed by atoms with Crippen LogP contribution in [0.4, 0.5) is 16.2 Å². The Kier molecular flexibility index (Phi) is 3.27. The van der Waals surface area contributed by atoms with Gasteiger partial charge in [-0.25, -0.2) is 4.79 Å². The maximum atomic E-state index is 12.4. The quantitative estimate of drug-likeness (QED) is 0.568. The first-order valence-corrected chi connectivity index (χ1v) is 7.79. The van der Waals surface area contributed by atoms with Crippen LogP contribution in [0.3, 0.4) is 0 Å². The first kappa shape index (κ1) is 14.4. The van der Waals surface area contributed by atoms with Crippen LogP contribution in [0.5, 0.6) is 0 Å². The molecule has 0 saturated heterocycles. The van der Waals surface area contributed by atoms with Gasteiger partial charge in [0.05, 0.1) is 11.4 Å². The zero-order valence-corrected chi connectivity index (χ0v) is 13.6. The molecule has 0 radical (unpaired) electrons. The van der Waals surface area contributed by atoms with Crippen LogP contribution >= 0.6 is 0 Å². The molecule has 5 heteroatoms. The Labute approximate surface area is 139 Å². The van der Waals surface area contributed by atoms with Crippen LogP contribution in [0.2, 0.25) is 0 Å². The van der Waals surface area contributed by atoms with Crippen molar-refractivity contribution in [3.05, 3.63) is 60.9 Å². The summed E-state index contributed by atoms with van der Waals surface area (Å²) in [6.45, 7) is 0. The molecule has 0 fully saturated rings. The lowest BCUT2D eigenvalue weighted by atomic mass is 10.2. The van der Waals surface area contributed by atoms with E-state index in [4.69, 9.17) is 0 Å². The highest BCUT2D eigenvalue weighted by Crippen LogP contribution is 2.26. The van der Waals surface area contributed by atoms with E-state index in [1.54, 1.807) is 0 Å². The molecule has 0 bridgehead atoms. The maximum absolute atomic E-state index is 12.4. The van der Waals surface area contributed by atoms with Crippen molar-refractivity contribution < 1.29 is 4.79 Å². The molecule has 24 heavy (non-hydrogen) atoms. The number of carbonyl (C=O) groups is 1. The van der Waals surface area contributed by atoms with Gasteiger partial charge in [-0.3, -0.25) is 0 Å². The molecule has 2 aromatic carbocycles. The van der Waals surface area contributed by atoms with Crippen molar-refractivity contribution in [3.63, 3.8) is 0 Å². The zero-order chi connectivity index (χ0) is 16.7. The number of benzene rings is 2. The van der Waals surface area contributed by atoms with Gasteiger partial charge in [-0.1, -0.05) is 12.1 Å². The van der Waals surface area contributed by atoms with Crippen LogP contribution in [0.15, 0.2) is 60.9 Å². The molecule has 0 aliphatic rings. The highest BCUT2D eigenvalue weighted by atomic mass is 16.2. The number of carbonyl (C=O) groups excluding carboxylic acids is 1. The predicted molar refractivity (Wildman–Crippen MR) is 98.5 cm³/mol. The number of aryl methyl sites for hydroxylation is 2. The van der Waals surface area contributed by atoms with Gasteiger partial charge in [0.2, 0.25) is 0 Å². The number of urea groups is 1. The van der Waals surface area contributed by atoms with Gasteiger partial charge in [-0.05, 0) is 36.4 Å². The van der Waals surface area contributed by atoms with Gasteiger partial charge in [0, 0.05) is 48.3 Å². The second kappa shape index (κ2) is 5.45. The SMILES string of the molecule is Cn1ccc2c(NC(=O)Nc3cccc4c3ccn4C)cccc21. The van der Waals surface area contributed by atoms with Crippen LogP contribution in [-0.4, -0.2) is 15.2 Å². The molecule has 0 unspecified atom stereocenters. The van der Waals surface area contributed by atoms with Crippen molar-refractivity contribution in [1.29, 1.82) is 0 Å². The number of fused-ring (bicyclic) bond motifs is 2. The summed E-state index contributed by atoms with van der Waals surface area (Å²) in [6.07, 6.45) is 3.97. The molecule has 4 rings (SSSR count). The average molecular weight is 318 g/mol. The zero-order valence-electron chi connectivity index (χ0n) is 13.6. The van der Waals surface area contributed by atoms with E-state index in [0.717, 1.165) is 33.2 Å². The Bertz CT molecular complexity index is 974. The summed E-state index contributed by atoms with van der Waals surface area (Å²) in [6, 6.07) is 15.5. The van der Waals surface area contributed by atoms with E-state index < -0.39 is 0 Å². The highest BCUT2D eigenvalue weighted by Gasteiger charge is 2.10. The van der Waals surface area contributed by atoms with Gasteiger partial charge in [0.1, 0.15) is 0 Å². The lowest BCUT2D eigenvalue weighted by Gasteiger charge is -2.10. The fourth-order valence-electron chi connectivity index (χ4n) is 3.10. The average Bonchev–Trinajstić information content (AvgIpc) is 3.13. The minimum Gasteiger partial charge on any atom is -0.350 e. The molecular weight excluding hydrogens is 300 g/mol. The molecule has 0 aliphatic carbocycles. The Balaban J connectivity index is 1.62. The van der Waals surface area contributed by atoms with E-state index >= 15 is 0 Å². The molecule has 5 nitrogen and oxygen atoms in total. The molecule has 0 atom stereocenters. The molecule has 0 aliphatic heterocycles. The van der Waals surface area contributed by atoms with E-state index in [0.29, 0.717) is 0 Å². The molecule has 4 aromatic rings. The third-order valence-corrected chi connectivity index (χ3v) is 4.35. The van der Waals surface area contributed by atoms with E-state index in [2.05, 4.69) is 10.6 Å². The molecule has 0 spiro atoms. The summed E-state index contributed by atoms with van der Waals surface area (Å²) < 4.78 is 4.06. The third-order valence-electron chi connectivity index (χ3n) is 4.35. The number of amides is 2. The number of aromatic nitrogens is 2. The summed E-state index contributed by atoms with van der Waals surface area (Å²) in [7, 11) is 3.98. The molecule has 120 valence electrons.